The summed E-state index contributed by atoms with van der Waals surface area (Å²) < 4.78 is 11.3. The molecule has 0 aliphatic carbocycles. The van der Waals surface area contributed by atoms with Crippen molar-refractivity contribution in [1.29, 1.82) is 0 Å². The molecule has 0 bridgehead atoms. The van der Waals surface area contributed by atoms with Crippen LogP contribution in [-0.4, -0.2) is 26.4 Å². The van der Waals surface area contributed by atoms with Crippen LogP contribution in [0.15, 0.2) is 22.7 Å². The first-order chi connectivity index (χ1) is 6.79. The summed E-state index contributed by atoms with van der Waals surface area (Å²) in [5.74, 6) is 0.857. The maximum absolute atomic E-state index is 5.15. The summed E-state index contributed by atoms with van der Waals surface area (Å²) in [5.41, 5.74) is 1.05. The Morgan fingerprint density at radius 1 is 1.50 bits per heavy atom. The molecular weight excluding hydrogens is 246 g/mol. The van der Waals surface area contributed by atoms with Gasteiger partial charge in [-0.1, -0.05) is 0 Å². The van der Waals surface area contributed by atoms with Crippen molar-refractivity contribution in [3.63, 3.8) is 0 Å². The van der Waals surface area contributed by atoms with Crippen molar-refractivity contribution in [3.8, 4) is 5.75 Å². The molecule has 0 saturated carbocycles. The molecule has 1 N–H and O–H groups in total. The Morgan fingerprint density at radius 3 is 2.86 bits per heavy atom. The molecule has 1 heterocycles. The van der Waals surface area contributed by atoms with Gasteiger partial charge in [-0.2, -0.15) is 0 Å². The Balaban J connectivity index is 2.13. The molecule has 14 heavy (non-hydrogen) atoms. The van der Waals surface area contributed by atoms with Crippen LogP contribution in [-0.2, 0) is 4.74 Å². The molecule has 0 spiro atoms. The Bertz CT molecular complexity index is 326. The Morgan fingerprint density at radius 2 is 2.29 bits per heavy atom. The van der Waals surface area contributed by atoms with E-state index >= 15 is 0 Å². The number of ether oxygens (including phenoxy) is 2. The van der Waals surface area contributed by atoms with E-state index in [0.717, 1.165) is 29.1 Å². The second kappa shape index (κ2) is 4.19. The van der Waals surface area contributed by atoms with Crippen molar-refractivity contribution in [2.75, 3.05) is 25.6 Å². The van der Waals surface area contributed by atoms with Crippen molar-refractivity contribution in [2.24, 2.45) is 0 Å². The van der Waals surface area contributed by atoms with Crippen LogP contribution < -0.4 is 10.1 Å². The van der Waals surface area contributed by atoms with Crippen LogP contribution in [0, 0.1) is 0 Å². The van der Waals surface area contributed by atoms with Crippen molar-refractivity contribution in [1.82, 2.24) is 0 Å². The van der Waals surface area contributed by atoms with Gasteiger partial charge in [-0.05, 0) is 28.1 Å². The zero-order chi connectivity index (χ0) is 9.97. The third-order valence-corrected chi connectivity index (χ3v) is 2.86. The summed E-state index contributed by atoms with van der Waals surface area (Å²) in [6, 6.07) is 6.30. The lowest BCUT2D eigenvalue weighted by Gasteiger charge is -2.28. The topological polar surface area (TPSA) is 30.5 Å². The Kier molecular flexibility index (Phi) is 2.93. The molecule has 76 valence electrons. The molecule has 0 amide bonds. The SMILES string of the molecule is COc1ccc(Br)c(NC2COC2)c1. The molecule has 1 fully saturated rings. The molecule has 4 heteroatoms. The van der Waals surface area contributed by atoms with Gasteiger partial charge in [0.15, 0.2) is 0 Å². The van der Waals surface area contributed by atoms with Gasteiger partial charge in [0.1, 0.15) is 5.75 Å². The van der Waals surface area contributed by atoms with Crippen molar-refractivity contribution < 1.29 is 9.47 Å². The monoisotopic (exact) mass is 257 g/mol. The molecule has 1 aromatic carbocycles. The van der Waals surface area contributed by atoms with Gasteiger partial charge < -0.3 is 14.8 Å². The number of hydrogen-bond acceptors (Lipinski definition) is 3. The number of halogens is 1. The molecule has 0 unspecified atom stereocenters. The summed E-state index contributed by atoms with van der Waals surface area (Å²) >= 11 is 3.48. The minimum atomic E-state index is 0.429. The number of methoxy groups -OCH3 is 1. The average molecular weight is 258 g/mol. The minimum absolute atomic E-state index is 0.429. The molecule has 0 aromatic heterocycles. The van der Waals surface area contributed by atoms with E-state index < -0.39 is 0 Å². The maximum Gasteiger partial charge on any atom is 0.121 e. The fraction of sp³-hybridized carbons (Fsp3) is 0.400. The predicted molar refractivity (Wildman–Crippen MR) is 58.9 cm³/mol. The molecule has 1 saturated heterocycles. The number of benzene rings is 1. The third-order valence-electron chi connectivity index (χ3n) is 2.17. The van der Waals surface area contributed by atoms with E-state index in [1.807, 2.05) is 18.2 Å². The van der Waals surface area contributed by atoms with Crippen LogP contribution in [0.25, 0.3) is 0 Å². The quantitative estimate of drug-likeness (QED) is 0.902. The third kappa shape index (κ3) is 2.01. The zero-order valence-electron chi connectivity index (χ0n) is 7.92. The molecule has 1 aliphatic heterocycles. The predicted octanol–water partition coefficient (Wildman–Crippen LogP) is 2.27. The van der Waals surface area contributed by atoms with Crippen molar-refractivity contribution in [2.45, 2.75) is 6.04 Å². The largest absolute Gasteiger partial charge is 0.497 e. The molecule has 1 aromatic rings. The van der Waals surface area contributed by atoms with E-state index in [0.29, 0.717) is 6.04 Å². The molecular formula is C10H12BrNO2. The van der Waals surface area contributed by atoms with Crippen LogP contribution >= 0.6 is 15.9 Å². The van der Waals surface area contributed by atoms with Crippen molar-refractivity contribution >= 4 is 21.6 Å². The Hall–Kier alpha value is -0.740. The normalized spacial score (nSPS) is 16.1. The van der Waals surface area contributed by atoms with E-state index in [1.54, 1.807) is 7.11 Å². The fourth-order valence-electron chi connectivity index (χ4n) is 1.28. The molecule has 2 rings (SSSR count). The van der Waals surface area contributed by atoms with Gasteiger partial charge in [-0.25, -0.2) is 0 Å². The number of nitrogens with one attached hydrogen (secondary N) is 1. The number of hydrogen-bond donors (Lipinski definition) is 1. The standard InChI is InChI=1S/C10H12BrNO2/c1-13-8-2-3-9(11)10(4-8)12-7-5-14-6-7/h2-4,7,12H,5-6H2,1H3. The van der Waals surface area contributed by atoms with E-state index in [2.05, 4.69) is 21.2 Å². The van der Waals surface area contributed by atoms with E-state index in [1.165, 1.54) is 0 Å². The highest BCUT2D eigenvalue weighted by Gasteiger charge is 2.18. The summed E-state index contributed by atoms with van der Waals surface area (Å²) in [4.78, 5) is 0. The van der Waals surface area contributed by atoms with Gasteiger partial charge in [-0.15, -0.1) is 0 Å². The number of rotatable bonds is 3. The van der Waals surface area contributed by atoms with Gasteiger partial charge in [0.25, 0.3) is 0 Å². The Labute approximate surface area is 91.5 Å². The van der Waals surface area contributed by atoms with Gasteiger partial charge in [0, 0.05) is 10.5 Å². The van der Waals surface area contributed by atoms with Crippen LogP contribution in [0.5, 0.6) is 5.75 Å². The highest BCUT2D eigenvalue weighted by atomic mass is 79.9. The second-order valence-corrected chi connectivity index (χ2v) is 4.08. The van der Waals surface area contributed by atoms with Gasteiger partial charge in [0.2, 0.25) is 0 Å². The lowest BCUT2D eigenvalue weighted by atomic mass is 10.2. The van der Waals surface area contributed by atoms with Crippen LogP contribution in [0.1, 0.15) is 0 Å². The van der Waals surface area contributed by atoms with Gasteiger partial charge >= 0.3 is 0 Å². The molecule has 0 atom stereocenters. The van der Waals surface area contributed by atoms with Crippen LogP contribution in [0.3, 0.4) is 0 Å². The molecule has 3 nitrogen and oxygen atoms in total. The first-order valence-corrected chi connectivity index (χ1v) is 5.26. The van der Waals surface area contributed by atoms with Crippen molar-refractivity contribution in [3.05, 3.63) is 22.7 Å². The lowest BCUT2D eigenvalue weighted by Crippen LogP contribution is -2.40. The summed E-state index contributed by atoms with van der Waals surface area (Å²) in [5, 5.41) is 3.37. The zero-order valence-corrected chi connectivity index (χ0v) is 9.50. The summed E-state index contributed by atoms with van der Waals surface area (Å²) in [6.45, 7) is 1.56. The van der Waals surface area contributed by atoms with Crippen LogP contribution in [0.2, 0.25) is 0 Å². The van der Waals surface area contributed by atoms with E-state index in [-0.39, 0.29) is 0 Å². The molecule has 1 aliphatic rings. The smallest absolute Gasteiger partial charge is 0.121 e. The fourth-order valence-corrected chi connectivity index (χ4v) is 1.64. The highest BCUT2D eigenvalue weighted by molar-refractivity contribution is 9.10. The lowest BCUT2D eigenvalue weighted by molar-refractivity contribution is 0.0211. The second-order valence-electron chi connectivity index (χ2n) is 3.22. The average Bonchev–Trinajstić information content (AvgIpc) is 2.14. The van der Waals surface area contributed by atoms with E-state index in [4.69, 9.17) is 9.47 Å². The summed E-state index contributed by atoms with van der Waals surface area (Å²) in [7, 11) is 1.67. The van der Waals surface area contributed by atoms with E-state index in [9.17, 15) is 0 Å². The summed E-state index contributed by atoms with van der Waals surface area (Å²) in [6.07, 6.45) is 0. The first-order valence-electron chi connectivity index (χ1n) is 4.47. The maximum atomic E-state index is 5.15. The van der Waals surface area contributed by atoms with Gasteiger partial charge in [0.05, 0.1) is 32.1 Å². The van der Waals surface area contributed by atoms with Gasteiger partial charge in [-0.3, -0.25) is 0 Å². The minimum Gasteiger partial charge on any atom is -0.497 e. The first kappa shape index (κ1) is 9.80. The highest BCUT2D eigenvalue weighted by Crippen LogP contribution is 2.28. The molecule has 0 radical (unpaired) electrons. The number of anilines is 1. The van der Waals surface area contributed by atoms with Crippen LogP contribution in [0.4, 0.5) is 5.69 Å².